The van der Waals surface area contributed by atoms with Gasteiger partial charge in [-0.05, 0) is 25.5 Å². The van der Waals surface area contributed by atoms with Gasteiger partial charge in [0.05, 0.1) is 44.0 Å². The molecule has 2 rings (SSSR count). The zero-order valence-electron chi connectivity index (χ0n) is 17.5. The highest BCUT2D eigenvalue weighted by atomic mass is 35.5. The van der Waals surface area contributed by atoms with Crippen LogP contribution in [0.15, 0.2) is 40.5 Å². The van der Waals surface area contributed by atoms with Crippen molar-refractivity contribution in [3.05, 3.63) is 46.1 Å². The maximum absolute atomic E-state index is 12.9. The first-order valence-corrected chi connectivity index (χ1v) is 11.6. The molecule has 0 saturated heterocycles. The largest absolute Gasteiger partial charge is 0.468 e. The minimum absolute atomic E-state index is 0.0999. The van der Waals surface area contributed by atoms with Crippen LogP contribution in [0.25, 0.3) is 0 Å². The fraction of sp³-hybridized carbons (Fsp3) is 0.450. The van der Waals surface area contributed by atoms with Crippen molar-refractivity contribution in [2.24, 2.45) is 16.0 Å². The molecule has 0 aliphatic carbocycles. The first-order chi connectivity index (χ1) is 14.6. The second-order valence-electron chi connectivity index (χ2n) is 6.75. The molecule has 2 unspecified atom stereocenters. The molecule has 0 aromatic heterocycles. The van der Waals surface area contributed by atoms with Crippen molar-refractivity contribution in [1.29, 1.82) is 0 Å². The van der Waals surface area contributed by atoms with Crippen molar-refractivity contribution < 1.29 is 32.2 Å². The Hall–Kier alpha value is -2.27. The number of carbonyl (C=O) groups excluding carboxylic acids is 2. The van der Waals surface area contributed by atoms with Gasteiger partial charge in [0.1, 0.15) is 5.92 Å². The first kappa shape index (κ1) is 25.0. The Kier molecular flexibility index (Phi) is 8.75. The number of aliphatic imine (C=N–C) groups is 1. The van der Waals surface area contributed by atoms with Crippen LogP contribution < -0.4 is 5.14 Å². The van der Waals surface area contributed by atoms with Crippen LogP contribution in [0, 0.1) is 5.92 Å². The summed E-state index contributed by atoms with van der Waals surface area (Å²) in [5, 5.41) is 5.34. The summed E-state index contributed by atoms with van der Waals surface area (Å²) in [7, 11) is -2.46. The Bertz CT molecular complexity index is 1000. The van der Waals surface area contributed by atoms with Gasteiger partial charge < -0.3 is 14.2 Å². The number of nitrogens with zero attached hydrogens (tertiary/aromatic N) is 1. The molecule has 9 nitrogen and oxygen atoms in total. The molecule has 1 aliphatic heterocycles. The van der Waals surface area contributed by atoms with Crippen molar-refractivity contribution >= 4 is 39.3 Å². The van der Waals surface area contributed by atoms with Crippen molar-refractivity contribution in [3.8, 4) is 0 Å². The SMILES string of the molecule is CCOC(=O)C1=C(COCCS(N)(=O)=O)N=C(C)C(C(=O)OC)C1c1ccccc1Cl. The van der Waals surface area contributed by atoms with Gasteiger partial charge in [-0.3, -0.25) is 9.79 Å². The summed E-state index contributed by atoms with van der Waals surface area (Å²) in [5.41, 5.74) is 1.25. The van der Waals surface area contributed by atoms with E-state index in [-0.39, 0.29) is 31.1 Å². The first-order valence-electron chi connectivity index (χ1n) is 9.46. The normalized spacial score (nSPS) is 19.1. The maximum Gasteiger partial charge on any atom is 0.336 e. The molecule has 11 heteroatoms. The van der Waals surface area contributed by atoms with Crippen LogP contribution in [-0.4, -0.2) is 58.8 Å². The Morgan fingerprint density at radius 2 is 1.94 bits per heavy atom. The third-order valence-electron chi connectivity index (χ3n) is 4.66. The standard InChI is InChI=1S/C20H25ClN2O7S/c1-4-30-20(25)18-15(11-29-9-10-31(22,26)27)23-12(2)16(19(24)28-3)17(18)13-7-5-6-8-14(13)21/h5-8,16-17H,4,9-11H2,1-3H3,(H2,22,26,27). The molecule has 1 aromatic rings. The molecule has 170 valence electrons. The highest BCUT2D eigenvalue weighted by Gasteiger charge is 2.43. The molecular weight excluding hydrogens is 448 g/mol. The van der Waals surface area contributed by atoms with E-state index in [1.807, 2.05) is 0 Å². The Morgan fingerprint density at radius 3 is 2.52 bits per heavy atom. The van der Waals surface area contributed by atoms with Gasteiger partial charge in [0.15, 0.2) is 0 Å². The van der Waals surface area contributed by atoms with Crippen LogP contribution in [0.4, 0.5) is 0 Å². The number of benzene rings is 1. The number of methoxy groups -OCH3 is 1. The van der Waals surface area contributed by atoms with E-state index in [0.717, 1.165) is 0 Å². The van der Waals surface area contributed by atoms with E-state index in [1.54, 1.807) is 38.1 Å². The number of ether oxygens (including phenoxy) is 3. The number of primary sulfonamides is 1. The summed E-state index contributed by atoms with van der Waals surface area (Å²) in [6.45, 7) is 3.01. The third-order valence-corrected chi connectivity index (χ3v) is 5.74. The number of carbonyl (C=O) groups is 2. The molecule has 0 amide bonds. The number of hydrogen-bond donors (Lipinski definition) is 1. The lowest BCUT2D eigenvalue weighted by Crippen LogP contribution is -2.37. The quantitative estimate of drug-likeness (QED) is 0.427. The second kappa shape index (κ2) is 10.9. The van der Waals surface area contributed by atoms with Gasteiger partial charge in [0.25, 0.3) is 0 Å². The smallest absolute Gasteiger partial charge is 0.336 e. The molecule has 31 heavy (non-hydrogen) atoms. The maximum atomic E-state index is 12.9. The van der Waals surface area contributed by atoms with Crippen molar-refractivity contribution in [3.63, 3.8) is 0 Å². The molecule has 2 N–H and O–H groups in total. The predicted molar refractivity (Wildman–Crippen MR) is 115 cm³/mol. The number of esters is 2. The summed E-state index contributed by atoms with van der Waals surface area (Å²) in [4.78, 5) is 30.0. The van der Waals surface area contributed by atoms with E-state index in [0.29, 0.717) is 16.3 Å². The summed E-state index contributed by atoms with van der Waals surface area (Å²) >= 11 is 6.41. The predicted octanol–water partition coefficient (Wildman–Crippen LogP) is 1.81. The van der Waals surface area contributed by atoms with Gasteiger partial charge in [-0.2, -0.15) is 0 Å². The van der Waals surface area contributed by atoms with Crippen molar-refractivity contribution in [2.75, 3.05) is 32.7 Å². The highest BCUT2D eigenvalue weighted by Crippen LogP contribution is 2.42. The molecule has 1 aliphatic rings. The minimum Gasteiger partial charge on any atom is -0.468 e. The average molecular weight is 473 g/mol. The molecule has 0 radical (unpaired) electrons. The number of rotatable bonds is 9. The zero-order valence-corrected chi connectivity index (χ0v) is 19.0. The molecule has 2 atom stereocenters. The van der Waals surface area contributed by atoms with Gasteiger partial charge in [-0.1, -0.05) is 29.8 Å². The fourth-order valence-corrected chi connectivity index (χ4v) is 3.94. The number of nitrogens with two attached hydrogens (primary N) is 1. The van der Waals surface area contributed by atoms with Crippen LogP contribution in [0.5, 0.6) is 0 Å². The number of sulfonamides is 1. The lowest BCUT2D eigenvalue weighted by Gasteiger charge is -2.32. The molecule has 1 aromatic carbocycles. The minimum atomic E-state index is -3.71. The molecule has 0 saturated carbocycles. The Labute approximate surface area is 186 Å². The van der Waals surface area contributed by atoms with E-state index in [9.17, 15) is 18.0 Å². The van der Waals surface area contributed by atoms with Crippen LogP contribution in [0.3, 0.4) is 0 Å². The van der Waals surface area contributed by atoms with Gasteiger partial charge in [-0.25, -0.2) is 18.4 Å². The lowest BCUT2D eigenvalue weighted by atomic mass is 9.75. The van der Waals surface area contributed by atoms with E-state index >= 15 is 0 Å². The van der Waals surface area contributed by atoms with Gasteiger partial charge >= 0.3 is 11.9 Å². The van der Waals surface area contributed by atoms with Crippen LogP contribution in [0.2, 0.25) is 5.02 Å². The Morgan fingerprint density at radius 1 is 1.26 bits per heavy atom. The van der Waals surface area contributed by atoms with Crippen LogP contribution in [0.1, 0.15) is 25.3 Å². The summed E-state index contributed by atoms with van der Waals surface area (Å²) < 4.78 is 37.9. The molecule has 0 spiro atoms. The Balaban J connectivity index is 2.58. The van der Waals surface area contributed by atoms with Crippen LogP contribution >= 0.6 is 11.6 Å². The molecule has 1 heterocycles. The summed E-state index contributed by atoms with van der Waals surface area (Å²) in [6, 6.07) is 6.83. The average Bonchev–Trinajstić information content (AvgIpc) is 2.70. The number of halogens is 1. The van der Waals surface area contributed by atoms with Crippen molar-refractivity contribution in [2.45, 2.75) is 19.8 Å². The third kappa shape index (κ3) is 6.36. The van der Waals surface area contributed by atoms with Crippen molar-refractivity contribution in [1.82, 2.24) is 0 Å². The zero-order chi connectivity index (χ0) is 23.2. The van der Waals surface area contributed by atoms with E-state index in [1.165, 1.54) is 7.11 Å². The lowest BCUT2D eigenvalue weighted by molar-refractivity contribution is -0.144. The summed E-state index contributed by atoms with van der Waals surface area (Å²) in [5.74, 6) is -3.38. The van der Waals surface area contributed by atoms with Gasteiger partial charge in [0, 0.05) is 16.7 Å². The van der Waals surface area contributed by atoms with Gasteiger partial charge in [-0.15, -0.1) is 0 Å². The second-order valence-corrected chi connectivity index (χ2v) is 8.89. The monoisotopic (exact) mass is 472 g/mol. The fourth-order valence-electron chi connectivity index (χ4n) is 3.33. The summed E-state index contributed by atoms with van der Waals surface area (Å²) in [6.07, 6.45) is 0. The van der Waals surface area contributed by atoms with E-state index in [2.05, 4.69) is 4.99 Å². The molecule has 0 bridgehead atoms. The van der Waals surface area contributed by atoms with Crippen LogP contribution in [-0.2, 0) is 33.8 Å². The van der Waals surface area contributed by atoms with E-state index < -0.39 is 39.6 Å². The number of hydrogen-bond acceptors (Lipinski definition) is 8. The topological polar surface area (TPSA) is 134 Å². The van der Waals surface area contributed by atoms with E-state index in [4.69, 9.17) is 31.0 Å². The molecule has 0 fully saturated rings. The van der Waals surface area contributed by atoms with Gasteiger partial charge in [0.2, 0.25) is 10.0 Å². The highest BCUT2D eigenvalue weighted by molar-refractivity contribution is 7.89. The molecular formula is C20H25ClN2O7S.